The number of aromatic amines is 1. The predicted octanol–water partition coefficient (Wildman–Crippen LogP) is 3.54. The first-order chi connectivity index (χ1) is 13.6. The van der Waals surface area contributed by atoms with Crippen LogP contribution in [0.5, 0.6) is 5.75 Å². The summed E-state index contributed by atoms with van der Waals surface area (Å²) in [4.78, 5) is 32.3. The maximum atomic E-state index is 12.9. The van der Waals surface area contributed by atoms with Gasteiger partial charge in [0.05, 0.1) is 12.7 Å². The largest absolute Gasteiger partial charge is 0.497 e. The lowest BCUT2D eigenvalue weighted by Gasteiger charge is -2.34. The van der Waals surface area contributed by atoms with Crippen LogP contribution in [0.4, 0.5) is 0 Å². The summed E-state index contributed by atoms with van der Waals surface area (Å²) < 4.78 is 6.02. The van der Waals surface area contributed by atoms with Gasteiger partial charge in [-0.2, -0.15) is 0 Å². The van der Waals surface area contributed by atoms with E-state index < -0.39 is 0 Å². The summed E-state index contributed by atoms with van der Waals surface area (Å²) in [5, 5.41) is 0.936. The molecule has 0 aliphatic carbocycles. The number of fused-ring (bicyclic) bond motifs is 1. The number of rotatable bonds is 3. The van der Waals surface area contributed by atoms with Crippen LogP contribution in [0.15, 0.2) is 53.0 Å². The van der Waals surface area contributed by atoms with Crippen molar-refractivity contribution in [3.8, 4) is 5.75 Å². The second-order valence-electron chi connectivity index (χ2n) is 6.70. The van der Waals surface area contributed by atoms with Gasteiger partial charge in [-0.1, -0.05) is 12.1 Å². The molecule has 144 valence electrons. The number of hydrogen-bond donors (Lipinski definition) is 1. The SMILES string of the molecule is COc1ccc2[nH]c(C(=O)N3CCN(C(=O)c4ccccc4Br)CC3)cc2c1. The molecule has 0 unspecified atom stereocenters. The van der Waals surface area contributed by atoms with E-state index in [4.69, 9.17) is 4.74 Å². The van der Waals surface area contributed by atoms with Crippen molar-refractivity contribution in [1.29, 1.82) is 0 Å². The highest BCUT2D eigenvalue weighted by atomic mass is 79.9. The van der Waals surface area contributed by atoms with E-state index in [2.05, 4.69) is 20.9 Å². The number of nitrogens with zero attached hydrogens (tertiary/aromatic N) is 2. The van der Waals surface area contributed by atoms with Crippen molar-refractivity contribution in [2.24, 2.45) is 0 Å². The minimum Gasteiger partial charge on any atom is -0.497 e. The highest BCUT2D eigenvalue weighted by Gasteiger charge is 2.27. The van der Waals surface area contributed by atoms with E-state index in [0.29, 0.717) is 37.4 Å². The van der Waals surface area contributed by atoms with Gasteiger partial charge < -0.3 is 19.5 Å². The van der Waals surface area contributed by atoms with Crippen molar-refractivity contribution < 1.29 is 14.3 Å². The number of nitrogens with one attached hydrogen (secondary N) is 1. The summed E-state index contributed by atoms with van der Waals surface area (Å²) in [5.41, 5.74) is 2.09. The minimum absolute atomic E-state index is 0.0164. The molecule has 1 N–H and O–H groups in total. The van der Waals surface area contributed by atoms with Gasteiger partial charge in [-0.15, -0.1) is 0 Å². The Bertz CT molecular complexity index is 1040. The first kappa shape index (κ1) is 18.6. The van der Waals surface area contributed by atoms with E-state index in [-0.39, 0.29) is 11.8 Å². The van der Waals surface area contributed by atoms with Gasteiger partial charge in [0.1, 0.15) is 11.4 Å². The van der Waals surface area contributed by atoms with E-state index in [0.717, 1.165) is 21.1 Å². The molecular formula is C21H20BrN3O3. The zero-order valence-corrected chi connectivity index (χ0v) is 17.0. The number of amides is 2. The third-order valence-electron chi connectivity index (χ3n) is 5.02. The second-order valence-corrected chi connectivity index (χ2v) is 7.55. The van der Waals surface area contributed by atoms with Crippen LogP contribution >= 0.6 is 15.9 Å². The molecule has 2 aromatic carbocycles. The second kappa shape index (κ2) is 7.67. The molecule has 2 heterocycles. The average Bonchev–Trinajstić information content (AvgIpc) is 3.16. The van der Waals surface area contributed by atoms with Crippen LogP contribution in [-0.2, 0) is 0 Å². The molecule has 1 saturated heterocycles. The van der Waals surface area contributed by atoms with E-state index in [9.17, 15) is 9.59 Å². The number of hydrogen-bond acceptors (Lipinski definition) is 3. The summed E-state index contributed by atoms with van der Waals surface area (Å²) in [7, 11) is 1.62. The molecule has 0 saturated carbocycles. The molecule has 1 aliphatic rings. The van der Waals surface area contributed by atoms with Crippen molar-refractivity contribution in [1.82, 2.24) is 14.8 Å². The average molecular weight is 442 g/mol. The lowest BCUT2D eigenvalue weighted by molar-refractivity contribution is 0.0532. The first-order valence-electron chi connectivity index (χ1n) is 9.06. The van der Waals surface area contributed by atoms with Gasteiger partial charge >= 0.3 is 0 Å². The summed E-state index contributed by atoms with van der Waals surface area (Å²) in [6, 6.07) is 14.9. The molecule has 2 amide bonds. The number of ether oxygens (including phenoxy) is 1. The normalized spacial score (nSPS) is 14.4. The highest BCUT2D eigenvalue weighted by molar-refractivity contribution is 9.10. The Morgan fingerprint density at radius 3 is 2.32 bits per heavy atom. The Morgan fingerprint density at radius 1 is 0.964 bits per heavy atom. The Balaban J connectivity index is 1.44. The summed E-state index contributed by atoms with van der Waals surface area (Å²) in [6.45, 7) is 2.04. The topological polar surface area (TPSA) is 65.6 Å². The Labute approximate surface area is 171 Å². The van der Waals surface area contributed by atoms with Crippen LogP contribution in [0, 0.1) is 0 Å². The van der Waals surface area contributed by atoms with Gasteiger partial charge in [0.25, 0.3) is 11.8 Å². The smallest absolute Gasteiger partial charge is 0.270 e. The van der Waals surface area contributed by atoms with Crippen molar-refractivity contribution in [2.75, 3.05) is 33.3 Å². The molecular weight excluding hydrogens is 422 g/mol. The van der Waals surface area contributed by atoms with Crippen molar-refractivity contribution in [3.63, 3.8) is 0 Å². The number of methoxy groups -OCH3 is 1. The molecule has 3 aromatic rings. The summed E-state index contributed by atoms with van der Waals surface area (Å²) in [6.07, 6.45) is 0. The zero-order chi connectivity index (χ0) is 19.7. The molecule has 28 heavy (non-hydrogen) atoms. The summed E-state index contributed by atoms with van der Waals surface area (Å²) >= 11 is 3.43. The number of H-pyrrole nitrogens is 1. The molecule has 1 aliphatic heterocycles. The Hall–Kier alpha value is -2.80. The molecule has 7 heteroatoms. The fraction of sp³-hybridized carbons (Fsp3) is 0.238. The predicted molar refractivity (Wildman–Crippen MR) is 111 cm³/mol. The maximum absolute atomic E-state index is 12.9. The third kappa shape index (κ3) is 3.49. The lowest BCUT2D eigenvalue weighted by atomic mass is 10.2. The van der Waals surface area contributed by atoms with Gasteiger partial charge in [0, 0.05) is 41.6 Å². The van der Waals surface area contributed by atoms with Crippen LogP contribution in [0.25, 0.3) is 10.9 Å². The fourth-order valence-electron chi connectivity index (χ4n) is 3.44. The molecule has 4 rings (SSSR count). The fourth-order valence-corrected chi connectivity index (χ4v) is 3.90. The van der Waals surface area contributed by atoms with Gasteiger partial charge in [-0.05, 0) is 52.3 Å². The molecule has 0 radical (unpaired) electrons. The van der Waals surface area contributed by atoms with Gasteiger partial charge in [-0.3, -0.25) is 9.59 Å². The number of carbonyl (C=O) groups excluding carboxylic acids is 2. The number of benzene rings is 2. The van der Waals surface area contributed by atoms with Crippen LogP contribution in [0.1, 0.15) is 20.8 Å². The third-order valence-corrected chi connectivity index (χ3v) is 5.71. The maximum Gasteiger partial charge on any atom is 0.270 e. The molecule has 1 fully saturated rings. The molecule has 1 aromatic heterocycles. The lowest BCUT2D eigenvalue weighted by Crippen LogP contribution is -2.50. The van der Waals surface area contributed by atoms with E-state index >= 15 is 0 Å². The standard InChI is InChI=1S/C21H20BrN3O3/c1-28-15-6-7-18-14(12-15)13-19(23-18)21(27)25-10-8-24(9-11-25)20(26)16-4-2-3-5-17(16)22/h2-7,12-13,23H,8-11H2,1H3. The van der Waals surface area contributed by atoms with Crippen molar-refractivity contribution in [2.45, 2.75) is 0 Å². The number of halogens is 1. The van der Waals surface area contributed by atoms with Crippen LogP contribution in [0.3, 0.4) is 0 Å². The first-order valence-corrected chi connectivity index (χ1v) is 9.86. The van der Waals surface area contributed by atoms with Crippen molar-refractivity contribution in [3.05, 3.63) is 64.3 Å². The van der Waals surface area contributed by atoms with E-state index in [1.807, 2.05) is 48.5 Å². The zero-order valence-electron chi connectivity index (χ0n) is 15.4. The Morgan fingerprint density at radius 2 is 1.64 bits per heavy atom. The Kier molecular flexibility index (Phi) is 5.09. The number of aromatic nitrogens is 1. The monoisotopic (exact) mass is 441 g/mol. The van der Waals surface area contributed by atoms with E-state index in [1.165, 1.54) is 0 Å². The molecule has 0 bridgehead atoms. The quantitative estimate of drug-likeness (QED) is 0.675. The number of piperazine rings is 1. The van der Waals surface area contributed by atoms with Crippen LogP contribution in [0.2, 0.25) is 0 Å². The van der Waals surface area contributed by atoms with Crippen LogP contribution < -0.4 is 4.74 Å². The highest BCUT2D eigenvalue weighted by Crippen LogP contribution is 2.23. The van der Waals surface area contributed by atoms with Crippen molar-refractivity contribution >= 4 is 38.6 Å². The van der Waals surface area contributed by atoms with Crippen LogP contribution in [-0.4, -0.2) is 59.9 Å². The molecule has 0 spiro atoms. The van der Waals surface area contributed by atoms with Gasteiger partial charge in [0.2, 0.25) is 0 Å². The van der Waals surface area contributed by atoms with Gasteiger partial charge in [0.15, 0.2) is 0 Å². The molecule has 0 atom stereocenters. The number of carbonyl (C=O) groups is 2. The summed E-state index contributed by atoms with van der Waals surface area (Å²) in [5.74, 6) is 0.685. The molecule has 6 nitrogen and oxygen atoms in total. The minimum atomic E-state index is -0.0526. The van der Waals surface area contributed by atoms with Gasteiger partial charge in [-0.25, -0.2) is 0 Å². The van der Waals surface area contributed by atoms with E-state index in [1.54, 1.807) is 16.9 Å².